The van der Waals surface area contributed by atoms with Crippen LogP contribution >= 0.6 is 0 Å². The lowest BCUT2D eigenvalue weighted by atomic mass is 10.0. The number of hydrogen-bond donors (Lipinski definition) is 3. The van der Waals surface area contributed by atoms with Gasteiger partial charge in [-0.15, -0.1) is 0 Å². The fraction of sp³-hybridized carbons (Fsp3) is 0.438. The summed E-state index contributed by atoms with van der Waals surface area (Å²) in [6.45, 7) is -0.180. The smallest absolute Gasteiger partial charge is 0.331 e. The van der Waals surface area contributed by atoms with Crippen LogP contribution < -0.4 is 4.74 Å². The highest BCUT2D eigenvalue weighted by Gasteiger charge is 2.32. The monoisotopic (exact) mass is 324 g/mol. The summed E-state index contributed by atoms with van der Waals surface area (Å²) in [5.41, 5.74) is 0.596. The quantitative estimate of drug-likeness (QED) is 0.534. The van der Waals surface area contributed by atoms with Crippen molar-refractivity contribution in [1.82, 2.24) is 0 Å². The average Bonchev–Trinajstić information content (AvgIpc) is 2.53. The van der Waals surface area contributed by atoms with Gasteiger partial charge < -0.3 is 29.5 Å². The Labute approximate surface area is 133 Å². The van der Waals surface area contributed by atoms with E-state index in [-0.39, 0.29) is 25.4 Å². The minimum absolute atomic E-state index is 0.0350. The molecule has 1 aliphatic rings. The number of carbonyl (C=O) groups excluding carboxylic acids is 1. The molecule has 126 valence electrons. The van der Waals surface area contributed by atoms with Gasteiger partial charge in [0, 0.05) is 12.5 Å². The van der Waals surface area contributed by atoms with Gasteiger partial charge in [-0.2, -0.15) is 0 Å². The SMILES string of the molecule is COc1ccc(/C=C/C(=O)O[C@H]2C[C@@H](O)CO[C@@H]2CO)cc1O. The molecule has 7 nitrogen and oxygen atoms in total. The first-order valence-corrected chi connectivity index (χ1v) is 7.19. The Bertz CT molecular complexity index is 570. The highest BCUT2D eigenvalue weighted by atomic mass is 16.6. The number of phenolic OH excluding ortho intramolecular Hbond substituents is 1. The standard InChI is InChI=1S/C16H20O7/c1-21-13-4-2-10(6-12(13)19)3-5-16(20)23-14-7-11(18)9-22-15(14)8-17/h2-6,11,14-15,17-19H,7-9H2,1H3/b5-3+/t11-,14+,15-/m1/s1. The Hall–Kier alpha value is -2.09. The summed E-state index contributed by atoms with van der Waals surface area (Å²) >= 11 is 0. The van der Waals surface area contributed by atoms with Gasteiger partial charge in [-0.3, -0.25) is 0 Å². The molecule has 1 heterocycles. The van der Waals surface area contributed by atoms with Crippen LogP contribution in [0.4, 0.5) is 0 Å². The Morgan fingerprint density at radius 3 is 2.91 bits per heavy atom. The molecule has 2 rings (SSSR count). The van der Waals surface area contributed by atoms with Gasteiger partial charge in [0.05, 0.1) is 26.4 Å². The molecule has 23 heavy (non-hydrogen) atoms. The normalized spacial score (nSPS) is 24.6. The summed E-state index contributed by atoms with van der Waals surface area (Å²) in [7, 11) is 1.44. The number of hydrogen-bond acceptors (Lipinski definition) is 7. The van der Waals surface area contributed by atoms with Crippen molar-refractivity contribution in [3.05, 3.63) is 29.8 Å². The zero-order valence-corrected chi connectivity index (χ0v) is 12.7. The maximum absolute atomic E-state index is 11.8. The molecular weight excluding hydrogens is 304 g/mol. The fourth-order valence-corrected chi connectivity index (χ4v) is 2.29. The molecule has 3 N–H and O–H groups in total. The summed E-state index contributed by atoms with van der Waals surface area (Å²) < 4.78 is 15.3. The predicted octanol–water partition coefficient (Wildman–Crippen LogP) is 0.468. The summed E-state index contributed by atoms with van der Waals surface area (Å²) in [5.74, 6) is -0.322. The molecule has 1 fully saturated rings. The maximum Gasteiger partial charge on any atom is 0.331 e. The van der Waals surface area contributed by atoms with Crippen LogP contribution in [0.15, 0.2) is 24.3 Å². The Balaban J connectivity index is 1.96. The van der Waals surface area contributed by atoms with Crippen molar-refractivity contribution >= 4 is 12.0 Å². The maximum atomic E-state index is 11.8. The first kappa shape index (κ1) is 17.3. The van der Waals surface area contributed by atoms with Gasteiger partial charge in [0.1, 0.15) is 12.2 Å². The molecule has 1 saturated heterocycles. The molecule has 0 amide bonds. The van der Waals surface area contributed by atoms with Crippen LogP contribution in [0, 0.1) is 0 Å². The lowest BCUT2D eigenvalue weighted by Gasteiger charge is -2.32. The van der Waals surface area contributed by atoms with E-state index < -0.39 is 24.3 Å². The Morgan fingerprint density at radius 2 is 2.26 bits per heavy atom. The summed E-state index contributed by atoms with van der Waals surface area (Å²) in [6.07, 6.45) is 0.837. The zero-order chi connectivity index (χ0) is 16.8. The van der Waals surface area contributed by atoms with Crippen LogP contribution in [-0.2, 0) is 14.3 Å². The van der Waals surface area contributed by atoms with Crippen molar-refractivity contribution in [2.75, 3.05) is 20.3 Å². The molecule has 0 radical (unpaired) electrons. The van der Waals surface area contributed by atoms with Crippen molar-refractivity contribution in [3.8, 4) is 11.5 Å². The van der Waals surface area contributed by atoms with E-state index >= 15 is 0 Å². The van der Waals surface area contributed by atoms with Gasteiger partial charge in [-0.25, -0.2) is 4.79 Å². The highest BCUT2D eigenvalue weighted by Crippen LogP contribution is 2.26. The van der Waals surface area contributed by atoms with E-state index in [1.165, 1.54) is 25.3 Å². The number of ether oxygens (including phenoxy) is 3. The minimum atomic E-state index is -0.724. The molecule has 7 heteroatoms. The molecule has 3 atom stereocenters. The van der Waals surface area contributed by atoms with E-state index in [0.29, 0.717) is 11.3 Å². The van der Waals surface area contributed by atoms with E-state index in [9.17, 15) is 20.1 Å². The molecule has 1 aromatic rings. The summed E-state index contributed by atoms with van der Waals surface area (Å²) in [4.78, 5) is 11.8. The Kier molecular flexibility index (Phi) is 5.97. The van der Waals surface area contributed by atoms with E-state index in [2.05, 4.69) is 0 Å². The van der Waals surface area contributed by atoms with E-state index in [1.54, 1.807) is 12.1 Å². The van der Waals surface area contributed by atoms with Gasteiger partial charge >= 0.3 is 5.97 Å². The molecule has 0 aliphatic carbocycles. The number of aliphatic hydroxyl groups is 2. The lowest BCUT2D eigenvalue weighted by molar-refractivity contribution is -0.173. The molecule has 1 aromatic carbocycles. The van der Waals surface area contributed by atoms with Crippen LogP contribution in [0.25, 0.3) is 6.08 Å². The van der Waals surface area contributed by atoms with Crippen LogP contribution in [0.2, 0.25) is 0 Å². The number of rotatable bonds is 5. The van der Waals surface area contributed by atoms with Crippen molar-refractivity contribution < 1.29 is 34.3 Å². The van der Waals surface area contributed by atoms with Crippen molar-refractivity contribution in [1.29, 1.82) is 0 Å². The number of phenols is 1. The topological polar surface area (TPSA) is 105 Å². The summed E-state index contributed by atoms with van der Waals surface area (Å²) in [5, 5.41) is 28.4. The second kappa shape index (κ2) is 7.96. The van der Waals surface area contributed by atoms with Gasteiger partial charge in [-0.05, 0) is 23.8 Å². The minimum Gasteiger partial charge on any atom is -0.504 e. The second-order valence-corrected chi connectivity index (χ2v) is 5.18. The van der Waals surface area contributed by atoms with Gasteiger partial charge in [-0.1, -0.05) is 6.07 Å². The van der Waals surface area contributed by atoms with Gasteiger partial charge in [0.15, 0.2) is 11.5 Å². The largest absolute Gasteiger partial charge is 0.504 e. The van der Waals surface area contributed by atoms with Gasteiger partial charge in [0.2, 0.25) is 0 Å². The number of aromatic hydroxyl groups is 1. The predicted molar refractivity (Wildman–Crippen MR) is 81.0 cm³/mol. The number of methoxy groups -OCH3 is 1. The average molecular weight is 324 g/mol. The van der Waals surface area contributed by atoms with Crippen LogP contribution in [-0.4, -0.2) is 59.9 Å². The first-order valence-electron chi connectivity index (χ1n) is 7.19. The number of benzene rings is 1. The van der Waals surface area contributed by atoms with Crippen LogP contribution in [0.5, 0.6) is 11.5 Å². The number of carbonyl (C=O) groups is 1. The van der Waals surface area contributed by atoms with Crippen molar-refractivity contribution in [3.63, 3.8) is 0 Å². The molecule has 0 saturated carbocycles. The fourth-order valence-electron chi connectivity index (χ4n) is 2.29. The van der Waals surface area contributed by atoms with Crippen molar-refractivity contribution in [2.24, 2.45) is 0 Å². The molecule has 0 spiro atoms. The highest BCUT2D eigenvalue weighted by molar-refractivity contribution is 5.87. The van der Waals surface area contributed by atoms with E-state index in [1.807, 2.05) is 0 Å². The molecular formula is C16H20O7. The lowest BCUT2D eigenvalue weighted by Crippen LogP contribution is -2.45. The molecule has 0 bridgehead atoms. The Morgan fingerprint density at radius 1 is 1.48 bits per heavy atom. The van der Waals surface area contributed by atoms with Crippen molar-refractivity contribution in [2.45, 2.75) is 24.7 Å². The summed E-state index contributed by atoms with van der Waals surface area (Å²) in [6, 6.07) is 4.70. The number of esters is 1. The second-order valence-electron chi connectivity index (χ2n) is 5.18. The van der Waals surface area contributed by atoms with E-state index in [0.717, 1.165) is 0 Å². The molecule has 1 aliphatic heterocycles. The molecule has 0 aromatic heterocycles. The third-order valence-electron chi connectivity index (χ3n) is 3.48. The third kappa shape index (κ3) is 4.69. The first-order chi connectivity index (χ1) is 11.0. The van der Waals surface area contributed by atoms with Gasteiger partial charge in [0.25, 0.3) is 0 Å². The van der Waals surface area contributed by atoms with E-state index in [4.69, 9.17) is 14.2 Å². The number of aliphatic hydroxyl groups excluding tert-OH is 2. The zero-order valence-electron chi connectivity index (χ0n) is 12.7. The third-order valence-corrected chi connectivity index (χ3v) is 3.48. The van der Waals surface area contributed by atoms with Crippen LogP contribution in [0.3, 0.4) is 0 Å². The van der Waals surface area contributed by atoms with Crippen LogP contribution in [0.1, 0.15) is 12.0 Å². The molecule has 0 unspecified atom stereocenters.